The molecule has 0 spiro atoms. The van der Waals surface area contributed by atoms with Crippen LogP contribution < -0.4 is 5.32 Å². The Morgan fingerprint density at radius 1 is 1.37 bits per heavy atom. The third-order valence-electron chi connectivity index (χ3n) is 4.60. The monoisotopic (exact) mass is 269 g/mol. The molecule has 0 aromatic carbocycles. The standard InChI is InChI=1S/C16H31NO2/c1-5-8-14-9-7-11-16(12-10-14,15(18)19-4)17-13(3)6-2/h13-14,17H,5-12H2,1-4H3. The van der Waals surface area contributed by atoms with Gasteiger partial charge in [-0.15, -0.1) is 0 Å². The van der Waals surface area contributed by atoms with Crippen molar-refractivity contribution in [3.63, 3.8) is 0 Å². The van der Waals surface area contributed by atoms with Crippen molar-refractivity contribution in [2.45, 2.75) is 83.7 Å². The Labute approximate surface area is 118 Å². The molecule has 1 rings (SSSR count). The summed E-state index contributed by atoms with van der Waals surface area (Å²) in [5.74, 6) is 0.722. The number of hydrogen-bond acceptors (Lipinski definition) is 3. The lowest BCUT2D eigenvalue weighted by atomic mass is 9.88. The van der Waals surface area contributed by atoms with Crippen LogP contribution in [-0.2, 0) is 9.53 Å². The van der Waals surface area contributed by atoms with E-state index < -0.39 is 5.54 Å². The zero-order valence-corrected chi connectivity index (χ0v) is 13.1. The third-order valence-corrected chi connectivity index (χ3v) is 4.60. The summed E-state index contributed by atoms with van der Waals surface area (Å²) in [6.07, 6.45) is 8.95. The lowest BCUT2D eigenvalue weighted by Crippen LogP contribution is -2.55. The summed E-state index contributed by atoms with van der Waals surface area (Å²) in [6, 6.07) is 0.363. The van der Waals surface area contributed by atoms with Gasteiger partial charge in [0.1, 0.15) is 5.54 Å². The second-order valence-corrected chi connectivity index (χ2v) is 6.11. The highest BCUT2D eigenvalue weighted by molar-refractivity contribution is 5.80. The Balaban J connectivity index is 2.76. The van der Waals surface area contributed by atoms with E-state index in [0.29, 0.717) is 6.04 Å². The van der Waals surface area contributed by atoms with E-state index in [2.05, 4.69) is 26.1 Å². The molecule has 1 aliphatic rings. The first-order chi connectivity index (χ1) is 9.07. The van der Waals surface area contributed by atoms with E-state index in [4.69, 9.17) is 4.74 Å². The Morgan fingerprint density at radius 2 is 2.11 bits per heavy atom. The van der Waals surface area contributed by atoms with E-state index in [-0.39, 0.29) is 5.97 Å². The van der Waals surface area contributed by atoms with Gasteiger partial charge in [0.2, 0.25) is 0 Å². The number of esters is 1. The Bertz CT molecular complexity index is 280. The lowest BCUT2D eigenvalue weighted by Gasteiger charge is -2.34. The minimum Gasteiger partial charge on any atom is -0.468 e. The molecular formula is C16H31NO2. The fraction of sp³-hybridized carbons (Fsp3) is 0.938. The second-order valence-electron chi connectivity index (χ2n) is 6.11. The summed E-state index contributed by atoms with van der Waals surface area (Å²) < 4.78 is 5.09. The highest BCUT2D eigenvalue weighted by atomic mass is 16.5. The summed E-state index contributed by atoms with van der Waals surface area (Å²) in [4.78, 5) is 12.3. The van der Waals surface area contributed by atoms with Crippen LogP contribution >= 0.6 is 0 Å². The van der Waals surface area contributed by atoms with Gasteiger partial charge in [-0.05, 0) is 38.5 Å². The van der Waals surface area contributed by atoms with Gasteiger partial charge in [0, 0.05) is 6.04 Å². The maximum atomic E-state index is 12.3. The highest BCUT2D eigenvalue weighted by Crippen LogP contribution is 2.34. The van der Waals surface area contributed by atoms with Crippen molar-refractivity contribution in [1.82, 2.24) is 5.32 Å². The summed E-state index contributed by atoms with van der Waals surface area (Å²) >= 11 is 0. The predicted molar refractivity (Wildman–Crippen MR) is 79.1 cm³/mol. The second kappa shape index (κ2) is 7.88. The van der Waals surface area contributed by atoms with Crippen LogP contribution in [0.5, 0.6) is 0 Å². The molecule has 3 nitrogen and oxygen atoms in total. The summed E-state index contributed by atoms with van der Waals surface area (Å²) in [5, 5.41) is 3.56. The number of ether oxygens (including phenoxy) is 1. The molecule has 0 radical (unpaired) electrons. The molecule has 3 atom stereocenters. The van der Waals surface area contributed by atoms with E-state index in [1.54, 1.807) is 0 Å². The van der Waals surface area contributed by atoms with Crippen LogP contribution in [0.3, 0.4) is 0 Å². The number of methoxy groups -OCH3 is 1. The van der Waals surface area contributed by atoms with Crippen molar-refractivity contribution >= 4 is 5.97 Å². The molecule has 0 amide bonds. The van der Waals surface area contributed by atoms with Crippen LogP contribution in [-0.4, -0.2) is 24.7 Å². The van der Waals surface area contributed by atoms with Gasteiger partial charge in [0.25, 0.3) is 0 Å². The van der Waals surface area contributed by atoms with Gasteiger partial charge in [-0.25, -0.2) is 0 Å². The molecule has 0 aromatic rings. The van der Waals surface area contributed by atoms with Gasteiger partial charge in [-0.3, -0.25) is 10.1 Å². The molecule has 0 aromatic heterocycles. The maximum absolute atomic E-state index is 12.3. The molecule has 1 saturated carbocycles. The normalized spacial score (nSPS) is 29.6. The van der Waals surface area contributed by atoms with Crippen LogP contribution in [0, 0.1) is 5.92 Å². The topological polar surface area (TPSA) is 38.3 Å². The van der Waals surface area contributed by atoms with E-state index in [0.717, 1.165) is 38.0 Å². The van der Waals surface area contributed by atoms with Crippen molar-refractivity contribution in [2.24, 2.45) is 5.92 Å². The first-order valence-corrected chi connectivity index (χ1v) is 7.94. The molecule has 1 aliphatic carbocycles. The molecule has 0 saturated heterocycles. The minimum absolute atomic E-state index is 0.0649. The van der Waals surface area contributed by atoms with Crippen LogP contribution in [0.25, 0.3) is 0 Å². The third kappa shape index (κ3) is 4.48. The fourth-order valence-corrected chi connectivity index (χ4v) is 3.29. The van der Waals surface area contributed by atoms with E-state index in [9.17, 15) is 4.79 Å². The zero-order chi connectivity index (χ0) is 14.3. The lowest BCUT2D eigenvalue weighted by molar-refractivity contribution is -0.149. The van der Waals surface area contributed by atoms with Crippen molar-refractivity contribution < 1.29 is 9.53 Å². The molecule has 112 valence electrons. The molecule has 1 fully saturated rings. The van der Waals surface area contributed by atoms with Gasteiger partial charge < -0.3 is 4.74 Å². The number of hydrogen-bond donors (Lipinski definition) is 1. The van der Waals surface area contributed by atoms with E-state index in [1.165, 1.54) is 26.4 Å². The van der Waals surface area contributed by atoms with Crippen LogP contribution in [0.4, 0.5) is 0 Å². The largest absolute Gasteiger partial charge is 0.468 e. The molecule has 1 N–H and O–H groups in total. The smallest absolute Gasteiger partial charge is 0.326 e. The van der Waals surface area contributed by atoms with Crippen molar-refractivity contribution in [3.8, 4) is 0 Å². The fourth-order valence-electron chi connectivity index (χ4n) is 3.29. The summed E-state index contributed by atoms with van der Waals surface area (Å²) in [7, 11) is 1.51. The number of carbonyl (C=O) groups excluding carboxylic acids is 1. The van der Waals surface area contributed by atoms with Gasteiger partial charge in [-0.2, -0.15) is 0 Å². The molecule has 19 heavy (non-hydrogen) atoms. The van der Waals surface area contributed by atoms with Crippen LogP contribution in [0.1, 0.15) is 72.1 Å². The molecule has 3 unspecified atom stereocenters. The van der Waals surface area contributed by atoms with Crippen molar-refractivity contribution in [3.05, 3.63) is 0 Å². The molecular weight excluding hydrogens is 238 g/mol. The first kappa shape index (κ1) is 16.5. The Hall–Kier alpha value is -0.570. The molecule has 0 heterocycles. The van der Waals surface area contributed by atoms with Gasteiger partial charge in [0.15, 0.2) is 0 Å². The van der Waals surface area contributed by atoms with Gasteiger partial charge in [-0.1, -0.05) is 39.5 Å². The average Bonchev–Trinajstić information content (AvgIpc) is 2.62. The molecule has 0 bridgehead atoms. The van der Waals surface area contributed by atoms with E-state index >= 15 is 0 Å². The molecule has 0 aliphatic heterocycles. The van der Waals surface area contributed by atoms with Gasteiger partial charge >= 0.3 is 5.97 Å². The number of rotatable bonds is 6. The number of nitrogens with one attached hydrogen (secondary N) is 1. The zero-order valence-electron chi connectivity index (χ0n) is 13.1. The number of carbonyl (C=O) groups is 1. The van der Waals surface area contributed by atoms with Crippen molar-refractivity contribution in [1.29, 1.82) is 0 Å². The van der Waals surface area contributed by atoms with Crippen molar-refractivity contribution in [2.75, 3.05) is 7.11 Å². The summed E-state index contributed by atoms with van der Waals surface area (Å²) in [6.45, 7) is 6.55. The average molecular weight is 269 g/mol. The quantitative estimate of drug-likeness (QED) is 0.590. The van der Waals surface area contributed by atoms with Crippen LogP contribution in [0.2, 0.25) is 0 Å². The Morgan fingerprint density at radius 3 is 2.68 bits per heavy atom. The highest BCUT2D eigenvalue weighted by Gasteiger charge is 2.41. The first-order valence-electron chi connectivity index (χ1n) is 7.94. The predicted octanol–water partition coefficient (Wildman–Crippen LogP) is 3.67. The van der Waals surface area contributed by atoms with E-state index in [1.807, 2.05) is 0 Å². The molecule has 3 heteroatoms. The minimum atomic E-state index is -0.438. The maximum Gasteiger partial charge on any atom is 0.326 e. The summed E-state index contributed by atoms with van der Waals surface area (Å²) in [5.41, 5.74) is -0.438. The Kier molecular flexibility index (Phi) is 6.84. The van der Waals surface area contributed by atoms with Crippen LogP contribution in [0.15, 0.2) is 0 Å². The van der Waals surface area contributed by atoms with Gasteiger partial charge in [0.05, 0.1) is 7.11 Å². The SMILES string of the molecule is CCCC1CCCC(NC(C)CC)(C(=O)OC)CC1.